The Balaban J connectivity index is 2.13. The lowest BCUT2D eigenvalue weighted by molar-refractivity contribution is 0.0527. The predicted octanol–water partition coefficient (Wildman–Crippen LogP) is 2.11. The molecule has 0 amide bonds. The van der Waals surface area contributed by atoms with E-state index in [0.717, 1.165) is 25.9 Å². The maximum absolute atomic E-state index is 12.4. The van der Waals surface area contributed by atoms with Crippen LogP contribution in [-0.2, 0) is 4.74 Å². The zero-order valence-corrected chi connectivity index (χ0v) is 12.4. The third kappa shape index (κ3) is 3.82. The minimum absolute atomic E-state index is 0.0412. The molecule has 0 unspecified atom stereocenters. The molecule has 0 saturated carbocycles. The van der Waals surface area contributed by atoms with Crippen molar-refractivity contribution in [1.82, 2.24) is 4.90 Å². The first-order valence-corrected chi connectivity index (χ1v) is 7.44. The lowest BCUT2D eigenvalue weighted by atomic mass is 10.0. The first-order chi connectivity index (χ1) is 10.1. The maximum Gasteiger partial charge on any atom is 0.340 e. The Morgan fingerprint density at radius 2 is 1.86 bits per heavy atom. The molecule has 1 aliphatic heterocycles. The van der Waals surface area contributed by atoms with Crippen molar-refractivity contribution >= 4 is 17.4 Å². The summed E-state index contributed by atoms with van der Waals surface area (Å²) in [6.45, 7) is 4.27. The summed E-state index contributed by atoms with van der Waals surface area (Å²) in [5.74, 6) is -0.525. The average molecular weight is 290 g/mol. The third-order valence-corrected chi connectivity index (χ3v) is 3.72. The number of nitrogens with zero attached hydrogens (tertiary/aromatic N) is 1. The van der Waals surface area contributed by atoms with Gasteiger partial charge in [0.15, 0.2) is 5.78 Å². The Bertz CT molecular complexity index is 522. The van der Waals surface area contributed by atoms with Gasteiger partial charge in [0.25, 0.3) is 0 Å². The van der Waals surface area contributed by atoms with Crippen molar-refractivity contribution in [2.45, 2.75) is 26.2 Å². The van der Waals surface area contributed by atoms with Crippen LogP contribution in [0.5, 0.6) is 0 Å². The highest BCUT2D eigenvalue weighted by atomic mass is 16.5. The quantitative estimate of drug-likeness (QED) is 0.511. The fourth-order valence-electron chi connectivity index (χ4n) is 2.60. The van der Waals surface area contributed by atoms with Gasteiger partial charge in [0.05, 0.1) is 24.4 Å². The highest BCUT2D eigenvalue weighted by molar-refractivity contribution is 6.07. The summed E-state index contributed by atoms with van der Waals surface area (Å²) in [6, 6.07) is 4.93. The van der Waals surface area contributed by atoms with Crippen LogP contribution in [0.1, 0.15) is 46.9 Å². The summed E-state index contributed by atoms with van der Waals surface area (Å²) in [4.78, 5) is 26.3. The molecule has 114 valence electrons. The number of para-hydroxylation sites is 1. The number of ether oxygens (including phenoxy) is 1. The summed E-state index contributed by atoms with van der Waals surface area (Å²) < 4.78 is 4.95. The van der Waals surface area contributed by atoms with Gasteiger partial charge in [-0.2, -0.15) is 0 Å². The van der Waals surface area contributed by atoms with Crippen LogP contribution in [-0.4, -0.2) is 42.9 Å². The number of hydrogen-bond donors (Lipinski definition) is 1. The third-order valence-electron chi connectivity index (χ3n) is 3.72. The molecule has 0 aliphatic carbocycles. The van der Waals surface area contributed by atoms with Gasteiger partial charge in [-0.05, 0) is 45.0 Å². The Labute approximate surface area is 125 Å². The number of carbonyl (C=O) groups is 2. The molecule has 1 aromatic rings. The number of Topliss-reactive ketones (excluding diaryl/α,β-unsaturated/α-hetero) is 1. The van der Waals surface area contributed by atoms with Crippen LogP contribution < -0.4 is 5.73 Å². The van der Waals surface area contributed by atoms with Crippen molar-refractivity contribution in [1.29, 1.82) is 0 Å². The van der Waals surface area contributed by atoms with Crippen molar-refractivity contribution in [2.24, 2.45) is 0 Å². The van der Waals surface area contributed by atoms with E-state index in [4.69, 9.17) is 10.5 Å². The van der Waals surface area contributed by atoms with Crippen molar-refractivity contribution < 1.29 is 14.3 Å². The van der Waals surface area contributed by atoms with Crippen LogP contribution in [0.4, 0.5) is 5.69 Å². The number of piperidine rings is 1. The molecule has 1 heterocycles. The van der Waals surface area contributed by atoms with Crippen LogP contribution in [0.25, 0.3) is 0 Å². The van der Waals surface area contributed by atoms with E-state index in [1.165, 1.54) is 6.42 Å². The first kappa shape index (κ1) is 15.5. The smallest absolute Gasteiger partial charge is 0.340 e. The second-order valence-corrected chi connectivity index (χ2v) is 5.25. The van der Waals surface area contributed by atoms with Gasteiger partial charge < -0.3 is 10.5 Å². The molecule has 21 heavy (non-hydrogen) atoms. The number of benzene rings is 1. The zero-order chi connectivity index (χ0) is 15.2. The highest BCUT2D eigenvalue weighted by Crippen LogP contribution is 2.20. The molecule has 0 radical (unpaired) electrons. The summed E-state index contributed by atoms with van der Waals surface area (Å²) in [7, 11) is 0. The second-order valence-electron chi connectivity index (χ2n) is 5.25. The van der Waals surface area contributed by atoms with Crippen molar-refractivity contribution in [3.63, 3.8) is 0 Å². The van der Waals surface area contributed by atoms with Crippen LogP contribution in [0, 0.1) is 0 Å². The minimum atomic E-state index is -0.484. The fourth-order valence-corrected chi connectivity index (χ4v) is 2.60. The number of nitrogens with two attached hydrogens (primary N) is 1. The van der Waals surface area contributed by atoms with Gasteiger partial charge in [0, 0.05) is 5.56 Å². The van der Waals surface area contributed by atoms with E-state index in [9.17, 15) is 9.59 Å². The van der Waals surface area contributed by atoms with Gasteiger partial charge in [0.2, 0.25) is 0 Å². The summed E-state index contributed by atoms with van der Waals surface area (Å²) in [5, 5.41) is 0. The van der Waals surface area contributed by atoms with Gasteiger partial charge in [-0.15, -0.1) is 0 Å². The Hall–Kier alpha value is -1.88. The SMILES string of the molecule is CCOC(=O)c1cccc(C(=O)CN2CCCCC2)c1N. The number of hydrogen-bond acceptors (Lipinski definition) is 5. The zero-order valence-electron chi connectivity index (χ0n) is 12.4. The molecule has 2 N–H and O–H groups in total. The lowest BCUT2D eigenvalue weighted by Gasteiger charge is -2.25. The van der Waals surface area contributed by atoms with E-state index in [-0.39, 0.29) is 23.6 Å². The van der Waals surface area contributed by atoms with E-state index < -0.39 is 5.97 Å². The number of nitrogen functional groups attached to an aromatic ring is 1. The molecule has 5 nitrogen and oxygen atoms in total. The van der Waals surface area contributed by atoms with Gasteiger partial charge in [-0.1, -0.05) is 12.5 Å². The van der Waals surface area contributed by atoms with Crippen LogP contribution >= 0.6 is 0 Å². The number of rotatable bonds is 5. The monoisotopic (exact) mass is 290 g/mol. The first-order valence-electron chi connectivity index (χ1n) is 7.44. The molecule has 5 heteroatoms. The van der Waals surface area contributed by atoms with Crippen molar-refractivity contribution in [2.75, 3.05) is 32.0 Å². The molecule has 1 aliphatic rings. The summed E-state index contributed by atoms with van der Waals surface area (Å²) in [5.41, 5.74) is 6.87. The number of likely N-dealkylation sites (tertiary alicyclic amines) is 1. The van der Waals surface area contributed by atoms with Gasteiger partial charge in [-0.3, -0.25) is 9.69 Å². The van der Waals surface area contributed by atoms with Gasteiger partial charge in [0.1, 0.15) is 0 Å². The summed E-state index contributed by atoms with van der Waals surface area (Å²) in [6.07, 6.45) is 3.49. The van der Waals surface area contributed by atoms with E-state index in [1.807, 2.05) is 0 Å². The predicted molar refractivity (Wildman–Crippen MR) is 81.4 cm³/mol. The number of anilines is 1. The maximum atomic E-state index is 12.4. The molecule has 1 fully saturated rings. The molecule has 1 saturated heterocycles. The summed E-state index contributed by atoms with van der Waals surface area (Å²) >= 11 is 0. The van der Waals surface area contributed by atoms with Crippen LogP contribution in [0.2, 0.25) is 0 Å². The number of ketones is 1. The molecule has 1 aromatic carbocycles. The molecule has 0 spiro atoms. The molecule has 0 aromatic heterocycles. The molecule has 0 bridgehead atoms. The van der Waals surface area contributed by atoms with Gasteiger partial charge >= 0.3 is 5.97 Å². The molecular weight excluding hydrogens is 268 g/mol. The molecular formula is C16H22N2O3. The largest absolute Gasteiger partial charge is 0.462 e. The average Bonchev–Trinajstić information content (AvgIpc) is 2.48. The topological polar surface area (TPSA) is 72.6 Å². The lowest BCUT2D eigenvalue weighted by Crippen LogP contribution is -2.34. The Morgan fingerprint density at radius 1 is 1.19 bits per heavy atom. The number of carbonyl (C=O) groups excluding carboxylic acids is 2. The molecule has 2 rings (SSSR count). The highest BCUT2D eigenvalue weighted by Gasteiger charge is 2.20. The van der Waals surface area contributed by atoms with Crippen LogP contribution in [0.3, 0.4) is 0 Å². The van der Waals surface area contributed by atoms with E-state index in [1.54, 1.807) is 25.1 Å². The van der Waals surface area contributed by atoms with Crippen molar-refractivity contribution in [3.05, 3.63) is 29.3 Å². The minimum Gasteiger partial charge on any atom is -0.462 e. The normalized spacial score (nSPS) is 15.7. The van der Waals surface area contributed by atoms with Gasteiger partial charge in [-0.25, -0.2) is 4.79 Å². The number of esters is 1. The Morgan fingerprint density at radius 3 is 2.52 bits per heavy atom. The standard InChI is InChI=1S/C16H22N2O3/c1-2-21-16(20)13-8-6-7-12(15(13)17)14(19)11-18-9-4-3-5-10-18/h6-8H,2-5,9-11,17H2,1H3. The van der Waals surface area contributed by atoms with Crippen LogP contribution in [0.15, 0.2) is 18.2 Å². The Kier molecular flexibility index (Phi) is 5.33. The van der Waals surface area contributed by atoms with E-state index in [2.05, 4.69) is 4.90 Å². The van der Waals surface area contributed by atoms with E-state index in [0.29, 0.717) is 12.1 Å². The molecule has 0 atom stereocenters. The van der Waals surface area contributed by atoms with Crippen molar-refractivity contribution in [3.8, 4) is 0 Å². The second kappa shape index (κ2) is 7.22. The van der Waals surface area contributed by atoms with E-state index >= 15 is 0 Å². The fraction of sp³-hybridized carbons (Fsp3) is 0.500.